The van der Waals surface area contributed by atoms with E-state index in [1.807, 2.05) is 25.1 Å². The minimum absolute atomic E-state index is 0.0392. The molecule has 2 saturated heterocycles. The predicted molar refractivity (Wildman–Crippen MR) is 161 cm³/mol. The highest BCUT2D eigenvalue weighted by molar-refractivity contribution is 9.09. The topological polar surface area (TPSA) is 104 Å². The van der Waals surface area contributed by atoms with Crippen LogP contribution in [0.1, 0.15) is 36.8 Å². The van der Waals surface area contributed by atoms with Gasteiger partial charge in [-0.15, -0.1) is 23.2 Å². The number of likely N-dealkylation sites (tertiary alicyclic amines) is 1. The number of amides is 4. The molecular weight excluding hydrogens is 671 g/mol. The summed E-state index contributed by atoms with van der Waals surface area (Å²) in [5.74, 6) is -5.54. The minimum atomic E-state index is -1.98. The molecule has 2 aromatic carbocycles. The van der Waals surface area contributed by atoms with E-state index in [9.17, 15) is 24.3 Å². The molecule has 0 unspecified atom stereocenters. The average Bonchev–Trinajstić information content (AvgIpc) is 3.32. The molecule has 3 fully saturated rings. The fraction of sp³-hybridized carbons (Fsp3) is 0.400. The first-order valence-corrected chi connectivity index (χ1v) is 15.7. The van der Waals surface area contributed by atoms with E-state index in [-0.39, 0.29) is 46.6 Å². The summed E-state index contributed by atoms with van der Waals surface area (Å²) < 4.78 is 5.33. The van der Waals surface area contributed by atoms with Crippen molar-refractivity contribution in [3.63, 3.8) is 0 Å². The zero-order valence-electron chi connectivity index (χ0n) is 22.6. The SMILES string of the molecule is CCc1ccc(N2C(=O)[C@H]3[C@H](CC=C4[C@H]3C[C@@]3(Cl)C(=O)N(CBr)C(=O)[C@@]3(Cl)[C@H]4c3cc(Cl)c(O)c(OC)c3)C2=O)cc1. The van der Waals surface area contributed by atoms with E-state index in [0.717, 1.165) is 16.9 Å². The lowest BCUT2D eigenvalue weighted by atomic mass is 9.56. The van der Waals surface area contributed by atoms with Gasteiger partial charge in [0, 0.05) is 5.92 Å². The van der Waals surface area contributed by atoms with Gasteiger partial charge >= 0.3 is 0 Å². The van der Waals surface area contributed by atoms with Gasteiger partial charge in [0.2, 0.25) is 11.8 Å². The number of benzene rings is 2. The van der Waals surface area contributed by atoms with Crippen molar-refractivity contribution in [2.45, 2.75) is 41.9 Å². The highest BCUT2D eigenvalue weighted by Gasteiger charge is 2.76. The molecule has 2 aliphatic heterocycles. The van der Waals surface area contributed by atoms with Crippen LogP contribution in [0.15, 0.2) is 48.0 Å². The standard InChI is InChI=1S/C30H26BrCl3N2O6/c1-3-14-4-6-16(7-5-14)36-25(38)18-9-8-17-19(22(18)26(36)39)12-29(33)27(40)35(13-31)28(41)30(29,34)23(17)15-10-20(32)24(37)21(11-15)42-2/h4-8,10-11,18-19,22-23,37H,3,9,12-13H2,1-2H3/t18-,19+,22-,23-,29+,30-/m0/s1. The zero-order chi connectivity index (χ0) is 30.3. The van der Waals surface area contributed by atoms with E-state index in [1.165, 1.54) is 24.1 Å². The molecule has 0 spiro atoms. The molecule has 8 nitrogen and oxygen atoms in total. The maximum absolute atomic E-state index is 14.1. The number of alkyl halides is 3. The van der Waals surface area contributed by atoms with E-state index in [0.29, 0.717) is 16.8 Å². The fourth-order valence-corrected chi connectivity index (χ4v) is 8.82. The number of halogens is 4. The molecule has 42 heavy (non-hydrogen) atoms. The molecule has 0 aromatic heterocycles. The third-order valence-electron chi connectivity index (χ3n) is 9.22. The van der Waals surface area contributed by atoms with E-state index in [1.54, 1.807) is 12.1 Å². The summed E-state index contributed by atoms with van der Waals surface area (Å²) in [7, 11) is 1.35. The second kappa shape index (κ2) is 10.3. The Bertz CT molecular complexity index is 1580. The molecule has 220 valence electrons. The number of fused-ring (bicyclic) bond motifs is 4. The van der Waals surface area contributed by atoms with Gasteiger partial charge in [-0.3, -0.25) is 29.0 Å². The van der Waals surface area contributed by atoms with Gasteiger partial charge in [0.25, 0.3) is 11.8 Å². The van der Waals surface area contributed by atoms with Gasteiger partial charge in [-0.25, -0.2) is 0 Å². The number of rotatable bonds is 5. The predicted octanol–water partition coefficient (Wildman–Crippen LogP) is 5.53. The zero-order valence-corrected chi connectivity index (χ0v) is 26.4. The molecule has 0 radical (unpaired) electrons. The number of carbonyl (C=O) groups is 4. The van der Waals surface area contributed by atoms with Crippen LogP contribution in [0, 0.1) is 17.8 Å². The van der Waals surface area contributed by atoms with Gasteiger partial charge in [-0.05, 0) is 60.6 Å². The van der Waals surface area contributed by atoms with Gasteiger partial charge in [0.05, 0.1) is 35.1 Å². The second-order valence-corrected chi connectivity index (χ2v) is 13.2. The number of aromatic hydroxyl groups is 1. The third kappa shape index (κ3) is 3.79. The first-order valence-electron chi connectivity index (χ1n) is 13.5. The Morgan fingerprint density at radius 1 is 1.05 bits per heavy atom. The number of hydrogen-bond donors (Lipinski definition) is 1. The highest BCUT2D eigenvalue weighted by atomic mass is 79.9. The second-order valence-electron chi connectivity index (χ2n) is 11.1. The molecule has 4 aliphatic rings. The van der Waals surface area contributed by atoms with Crippen LogP contribution >= 0.6 is 50.7 Å². The first kappa shape index (κ1) is 29.5. The molecule has 1 saturated carbocycles. The molecule has 12 heteroatoms. The van der Waals surface area contributed by atoms with Crippen molar-refractivity contribution in [3.05, 3.63) is 64.2 Å². The lowest BCUT2D eigenvalue weighted by Crippen LogP contribution is -2.60. The van der Waals surface area contributed by atoms with Crippen LogP contribution in [0.2, 0.25) is 5.02 Å². The normalized spacial score (nSPS) is 32.1. The van der Waals surface area contributed by atoms with Crippen molar-refractivity contribution in [2.75, 3.05) is 17.5 Å². The Labute approximate surface area is 265 Å². The third-order valence-corrected chi connectivity index (χ3v) is 11.4. The maximum Gasteiger partial charge on any atom is 0.254 e. The van der Waals surface area contributed by atoms with Crippen molar-refractivity contribution >= 4 is 80.0 Å². The summed E-state index contributed by atoms with van der Waals surface area (Å²) in [6.45, 7) is 2.02. The number of nitrogens with zero attached hydrogens (tertiary/aromatic N) is 2. The molecule has 2 heterocycles. The number of methoxy groups -OCH3 is 1. The molecular formula is C30H26BrCl3N2O6. The summed E-state index contributed by atoms with van der Waals surface area (Å²) in [5.41, 5.74) is 2.42. The highest BCUT2D eigenvalue weighted by Crippen LogP contribution is 2.66. The van der Waals surface area contributed by atoms with Crippen LogP contribution in [0.25, 0.3) is 0 Å². The molecule has 6 atom stereocenters. The number of ether oxygens (including phenoxy) is 1. The quantitative estimate of drug-likeness (QED) is 0.191. The maximum atomic E-state index is 14.1. The number of hydrogen-bond acceptors (Lipinski definition) is 6. The molecule has 6 rings (SSSR count). The van der Waals surface area contributed by atoms with Gasteiger partial charge in [0.1, 0.15) is 0 Å². The van der Waals surface area contributed by atoms with Crippen molar-refractivity contribution in [3.8, 4) is 11.5 Å². The van der Waals surface area contributed by atoms with Crippen LogP contribution in [0.4, 0.5) is 5.69 Å². The Morgan fingerprint density at radius 3 is 2.36 bits per heavy atom. The van der Waals surface area contributed by atoms with Crippen molar-refractivity contribution in [1.82, 2.24) is 4.90 Å². The lowest BCUT2D eigenvalue weighted by Gasteiger charge is -2.50. The van der Waals surface area contributed by atoms with Crippen molar-refractivity contribution in [2.24, 2.45) is 17.8 Å². The number of allylic oxidation sites excluding steroid dienone is 2. The number of phenols is 1. The molecule has 0 bridgehead atoms. The van der Waals surface area contributed by atoms with Crippen LogP contribution in [-0.4, -0.2) is 55.9 Å². The smallest absolute Gasteiger partial charge is 0.254 e. The number of carbonyl (C=O) groups excluding carboxylic acids is 4. The molecule has 4 amide bonds. The van der Waals surface area contributed by atoms with Crippen LogP contribution < -0.4 is 9.64 Å². The van der Waals surface area contributed by atoms with Gasteiger partial charge in [-0.1, -0.05) is 58.2 Å². The molecule has 2 aromatic rings. The van der Waals surface area contributed by atoms with Crippen molar-refractivity contribution < 1.29 is 29.0 Å². The van der Waals surface area contributed by atoms with Crippen LogP contribution in [-0.2, 0) is 25.6 Å². The summed E-state index contributed by atoms with van der Waals surface area (Å²) >= 11 is 24.1. The van der Waals surface area contributed by atoms with Gasteiger partial charge < -0.3 is 9.84 Å². The number of aryl methyl sites for hydroxylation is 1. The summed E-state index contributed by atoms with van der Waals surface area (Å²) in [6.07, 6.45) is 2.76. The number of phenolic OH excluding ortho intramolecular Hbond substituents is 1. The van der Waals surface area contributed by atoms with E-state index in [4.69, 9.17) is 39.5 Å². The van der Waals surface area contributed by atoms with Crippen molar-refractivity contribution in [1.29, 1.82) is 0 Å². The van der Waals surface area contributed by atoms with Gasteiger partial charge in [-0.2, -0.15) is 0 Å². The van der Waals surface area contributed by atoms with Crippen LogP contribution in [0.3, 0.4) is 0 Å². The lowest BCUT2D eigenvalue weighted by molar-refractivity contribution is -0.138. The van der Waals surface area contributed by atoms with E-state index < -0.39 is 45.2 Å². The Morgan fingerprint density at radius 2 is 1.74 bits per heavy atom. The van der Waals surface area contributed by atoms with Crippen LogP contribution in [0.5, 0.6) is 11.5 Å². The van der Waals surface area contributed by atoms with Gasteiger partial charge in [0.15, 0.2) is 21.2 Å². The molecule has 2 aliphatic carbocycles. The minimum Gasteiger partial charge on any atom is -0.503 e. The number of imide groups is 2. The largest absolute Gasteiger partial charge is 0.503 e. The summed E-state index contributed by atoms with van der Waals surface area (Å²) in [6, 6.07) is 10.2. The average molecular weight is 697 g/mol. The Kier molecular flexibility index (Phi) is 7.20. The number of anilines is 1. The fourth-order valence-electron chi connectivity index (χ4n) is 7.18. The first-order chi connectivity index (χ1) is 19.9. The Balaban J connectivity index is 1.52. The summed E-state index contributed by atoms with van der Waals surface area (Å²) in [5, 5.41) is 10.4. The van der Waals surface area contributed by atoms with E-state index in [2.05, 4.69) is 15.9 Å². The monoisotopic (exact) mass is 694 g/mol. The Hall–Kier alpha value is -2.59. The van der Waals surface area contributed by atoms with E-state index >= 15 is 0 Å². The summed E-state index contributed by atoms with van der Waals surface area (Å²) in [4.78, 5) is 53.7. The molecule has 1 N–H and O–H groups in total.